The summed E-state index contributed by atoms with van der Waals surface area (Å²) < 4.78 is 25.3. The standard InChI is InChI=1S/C8H9BrF2N2O/c9-7-6(3-14)4(1-12)5(2-13-7)8(10)11/h2,8,14H,1,3,12H2. The molecule has 14 heavy (non-hydrogen) atoms. The summed E-state index contributed by atoms with van der Waals surface area (Å²) in [4.78, 5) is 3.70. The van der Waals surface area contributed by atoms with Crippen LogP contribution < -0.4 is 5.73 Å². The van der Waals surface area contributed by atoms with Crippen molar-refractivity contribution in [1.82, 2.24) is 4.98 Å². The second-order valence-corrected chi connectivity index (χ2v) is 3.38. The number of alkyl halides is 2. The molecule has 3 N–H and O–H groups in total. The Morgan fingerprint density at radius 2 is 2.14 bits per heavy atom. The summed E-state index contributed by atoms with van der Waals surface area (Å²) in [5.41, 5.74) is 5.70. The number of aliphatic hydroxyl groups excluding tert-OH is 1. The molecule has 6 heteroatoms. The van der Waals surface area contributed by atoms with Gasteiger partial charge in [0.1, 0.15) is 4.60 Å². The predicted octanol–water partition coefficient (Wildman–Crippen LogP) is 1.73. The number of pyridine rings is 1. The van der Waals surface area contributed by atoms with Crippen molar-refractivity contribution >= 4 is 15.9 Å². The average Bonchev–Trinajstić information content (AvgIpc) is 2.16. The minimum Gasteiger partial charge on any atom is -0.392 e. The molecule has 0 saturated heterocycles. The number of rotatable bonds is 3. The lowest BCUT2D eigenvalue weighted by Crippen LogP contribution is -2.08. The molecule has 78 valence electrons. The SMILES string of the molecule is NCc1c(C(F)F)cnc(Br)c1CO. The van der Waals surface area contributed by atoms with Gasteiger partial charge in [-0.15, -0.1) is 0 Å². The zero-order valence-corrected chi connectivity index (χ0v) is 8.76. The van der Waals surface area contributed by atoms with Gasteiger partial charge in [-0.1, -0.05) is 0 Å². The number of nitrogens with zero attached hydrogens (tertiary/aromatic N) is 1. The van der Waals surface area contributed by atoms with E-state index in [-0.39, 0.29) is 24.3 Å². The molecule has 0 amide bonds. The maximum absolute atomic E-state index is 12.5. The molecule has 1 rings (SSSR count). The number of halogens is 3. The minimum absolute atomic E-state index is 0.0450. The highest BCUT2D eigenvalue weighted by Gasteiger charge is 2.17. The van der Waals surface area contributed by atoms with Crippen LogP contribution in [0.2, 0.25) is 0 Å². The molecule has 0 aliphatic rings. The first-order valence-corrected chi connectivity index (χ1v) is 4.66. The van der Waals surface area contributed by atoms with E-state index >= 15 is 0 Å². The maximum atomic E-state index is 12.5. The molecule has 0 radical (unpaired) electrons. The number of hydrogen-bond donors (Lipinski definition) is 2. The Bertz CT molecular complexity index is 333. The predicted molar refractivity (Wildman–Crippen MR) is 50.7 cm³/mol. The van der Waals surface area contributed by atoms with E-state index in [1.54, 1.807) is 0 Å². The Balaban J connectivity index is 3.33. The molecule has 0 spiro atoms. The molecule has 3 nitrogen and oxygen atoms in total. The normalized spacial score (nSPS) is 11.0. The molecule has 0 bridgehead atoms. The van der Waals surface area contributed by atoms with Crippen molar-refractivity contribution in [2.45, 2.75) is 19.6 Å². The number of aliphatic hydroxyl groups is 1. The van der Waals surface area contributed by atoms with Gasteiger partial charge in [0.2, 0.25) is 0 Å². The van der Waals surface area contributed by atoms with Crippen molar-refractivity contribution in [1.29, 1.82) is 0 Å². The Hall–Kier alpha value is -0.590. The Morgan fingerprint density at radius 1 is 1.50 bits per heavy atom. The summed E-state index contributed by atoms with van der Waals surface area (Å²) >= 11 is 3.06. The molecular weight excluding hydrogens is 258 g/mol. The average molecular weight is 267 g/mol. The summed E-state index contributed by atoms with van der Waals surface area (Å²) in [5, 5.41) is 8.97. The quantitative estimate of drug-likeness (QED) is 0.820. The van der Waals surface area contributed by atoms with Gasteiger partial charge in [-0.2, -0.15) is 0 Å². The summed E-state index contributed by atoms with van der Waals surface area (Å²) in [6.07, 6.45) is -1.56. The highest BCUT2D eigenvalue weighted by atomic mass is 79.9. The molecule has 0 atom stereocenters. The van der Waals surface area contributed by atoms with Crippen LogP contribution >= 0.6 is 15.9 Å². The van der Waals surface area contributed by atoms with Crippen LogP contribution in [0, 0.1) is 0 Å². The molecule has 0 unspecified atom stereocenters. The third-order valence-electron chi connectivity index (χ3n) is 1.88. The summed E-state index contributed by atoms with van der Waals surface area (Å²) in [5.74, 6) is 0. The lowest BCUT2D eigenvalue weighted by molar-refractivity contribution is 0.149. The van der Waals surface area contributed by atoms with E-state index in [1.165, 1.54) is 0 Å². The monoisotopic (exact) mass is 266 g/mol. The molecule has 0 aliphatic carbocycles. The highest BCUT2D eigenvalue weighted by Crippen LogP contribution is 2.28. The van der Waals surface area contributed by atoms with Crippen molar-refractivity contribution in [2.75, 3.05) is 0 Å². The van der Waals surface area contributed by atoms with Crippen molar-refractivity contribution in [3.63, 3.8) is 0 Å². The van der Waals surface area contributed by atoms with Crippen molar-refractivity contribution in [3.05, 3.63) is 27.5 Å². The largest absolute Gasteiger partial charge is 0.392 e. The van der Waals surface area contributed by atoms with E-state index in [4.69, 9.17) is 10.8 Å². The van der Waals surface area contributed by atoms with Crippen molar-refractivity contribution in [3.8, 4) is 0 Å². The number of aromatic nitrogens is 1. The van der Waals surface area contributed by atoms with E-state index in [0.717, 1.165) is 6.20 Å². The zero-order chi connectivity index (χ0) is 10.7. The zero-order valence-electron chi connectivity index (χ0n) is 7.17. The van der Waals surface area contributed by atoms with Gasteiger partial charge in [0.15, 0.2) is 0 Å². The third-order valence-corrected chi connectivity index (χ3v) is 2.56. The molecule has 1 aromatic rings. The molecule has 0 saturated carbocycles. The first-order valence-electron chi connectivity index (χ1n) is 3.87. The third kappa shape index (κ3) is 2.08. The fourth-order valence-corrected chi connectivity index (χ4v) is 1.64. The van der Waals surface area contributed by atoms with E-state index < -0.39 is 6.43 Å². The Labute approximate surface area is 88.1 Å². The molecule has 0 fully saturated rings. The van der Waals surface area contributed by atoms with Gasteiger partial charge in [-0.25, -0.2) is 13.8 Å². The molecule has 0 aromatic carbocycles. The second-order valence-electron chi connectivity index (χ2n) is 2.62. The fourth-order valence-electron chi connectivity index (χ4n) is 1.17. The summed E-state index contributed by atoms with van der Waals surface area (Å²) in [7, 11) is 0. The Kier molecular flexibility index (Phi) is 3.91. The van der Waals surface area contributed by atoms with Crippen LogP contribution in [0.5, 0.6) is 0 Å². The topological polar surface area (TPSA) is 59.1 Å². The van der Waals surface area contributed by atoms with Crippen molar-refractivity contribution in [2.24, 2.45) is 5.73 Å². The van der Waals surface area contributed by atoms with E-state index in [9.17, 15) is 8.78 Å². The van der Waals surface area contributed by atoms with Gasteiger partial charge in [-0.3, -0.25) is 0 Å². The van der Waals surface area contributed by atoms with E-state index in [2.05, 4.69) is 20.9 Å². The highest BCUT2D eigenvalue weighted by molar-refractivity contribution is 9.10. The van der Waals surface area contributed by atoms with Crippen LogP contribution in [-0.2, 0) is 13.2 Å². The first-order chi connectivity index (χ1) is 6.61. The lowest BCUT2D eigenvalue weighted by atomic mass is 10.1. The molecule has 0 aliphatic heterocycles. The van der Waals surface area contributed by atoms with Gasteiger partial charge in [-0.05, 0) is 21.5 Å². The molecule has 1 heterocycles. The molecular formula is C8H9BrF2N2O. The fraction of sp³-hybridized carbons (Fsp3) is 0.375. The Morgan fingerprint density at radius 3 is 2.57 bits per heavy atom. The van der Waals surface area contributed by atoms with Crippen molar-refractivity contribution < 1.29 is 13.9 Å². The van der Waals surface area contributed by atoms with Crippen LogP contribution in [0.3, 0.4) is 0 Å². The van der Waals surface area contributed by atoms with E-state index in [0.29, 0.717) is 10.2 Å². The van der Waals surface area contributed by atoms with Gasteiger partial charge in [0.25, 0.3) is 6.43 Å². The summed E-state index contributed by atoms with van der Waals surface area (Å²) in [6, 6.07) is 0. The van der Waals surface area contributed by atoms with E-state index in [1.807, 2.05) is 0 Å². The van der Waals surface area contributed by atoms with Gasteiger partial charge >= 0.3 is 0 Å². The van der Waals surface area contributed by atoms with Crippen LogP contribution in [0.1, 0.15) is 23.1 Å². The van der Waals surface area contributed by atoms with Gasteiger partial charge in [0.05, 0.1) is 6.61 Å². The maximum Gasteiger partial charge on any atom is 0.265 e. The minimum atomic E-state index is -2.63. The lowest BCUT2D eigenvalue weighted by Gasteiger charge is -2.11. The van der Waals surface area contributed by atoms with Crippen LogP contribution in [0.4, 0.5) is 8.78 Å². The second kappa shape index (κ2) is 4.77. The first kappa shape index (κ1) is 11.5. The smallest absolute Gasteiger partial charge is 0.265 e. The number of nitrogens with two attached hydrogens (primary N) is 1. The summed E-state index contributed by atoms with van der Waals surface area (Å²) in [6.45, 7) is -0.405. The van der Waals surface area contributed by atoms with Gasteiger partial charge in [0, 0.05) is 23.9 Å². The van der Waals surface area contributed by atoms with Crippen LogP contribution in [-0.4, -0.2) is 10.1 Å². The van der Waals surface area contributed by atoms with Crippen LogP contribution in [0.25, 0.3) is 0 Å². The van der Waals surface area contributed by atoms with Gasteiger partial charge < -0.3 is 10.8 Å². The molecule has 1 aromatic heterocycles. The number of hydrogen-bond acceptors (Lipinski definition) is 3. The van der Waals surface area contributed by atoms with Crippen LogP contribution in [0.15, 0.2) is 10.8 Å².